The molecular weight excluding hydrogens is 376 g/mol. The van der Waals surface area contributed by atoms with E-state index in [0.717, 1.165) is 22.6 Å². The van der Waals surface area contributed by atoms with Crippen LogP contribution in [0.2, 0.25) is 5.02 Å². The zero-order valence-corrected chi connectivity index (χ0v) is 16.2. The molecule has 2 heterocycles. The summed E-state index contributed by atoms with van der Waals surface area (Å²) in [7, 11) is 1.65. The minimum absolute atomic E-state index is 0.112. The van der Waals surface area contributed by atoms with Crippen LogP contribution in [0, 0.1) is 0 Å². The molecule has 0 bridgehead atoms. The van der Waals surface area contributed by atoms with E-state index in [4.69, 9.17) is 21.4 Å². The number of allylic oxidation sites excluding steroid dienone is 1. The molecule has 1 atom stereocenters. The van der Waals surface area contributed by atoms with Gasteiger partial charge in [-0.3, -0.25) is 0 Å². The Labute approximate surface area is 168 Å². The lowest BCUT2D eigenvalue weighted by atomic mass is 10.0. The zero-order chi connectivity index (χ0) is 19.5. The molecule has 0 spiro atoms. The molecule has 144 valence electrons. The van der Waals surface area contributed by atoms with Gasteiger partial charge in [-0.1, -0.05) is 29.8 Å². The van der Waals surface area contributed by atoms with Crippen molar-refractivity contribution in [2.75, 3.05) is 19.0 Å². The Balaban J connectivity index is 1.77. The maximum absolute atomic E-state index is 9.11. The molecular formula is C21H21ClN4O2. The third-order valence-corrected chi connectivity index (χ3v) is 5.04. The van der Waals surface area contributed by atoms with Gasteiger partial charge >= 0.3 is 0 Å². The summed E-state index contributed by atoms with van der Waals surface area (Å²) in [6, 6.07) is 15.4. The number of hydrogen-bond donors (Lipinski definition) is 2. The molecule has 0 saturated heterocycles. The quantitative estimate of drug-likeness (QED) is 0.660. The molecule has 1 aliphatic heterocycles. The number of methoxy groups -OCH3 is 1. The zero-order valence-electron chi connectivity index (χ0n) is 15.5. The second-order valence-corrected chi connectivity index (χ2v) is 6.93. The summed E-state index contributed by atoms with van der Waals surface area (Å²) in [4.78, 5) is 4.62. The van der Waals surface area contributed by atoms with Crippen LogP contribution in [0.4, 0.5) is 5.95 Å². The molecule has 4 rings (SSSR count). The van der Waals surface area contributed by atoms with E-state index in [2.05, 4.69) is 21.5 Å². The highest BCUT2D eigenvalue weighted by molar-refractivity contribution is 6.31. The summed E-state index contributed by atoms with van der Waals surface area (Å²) in [6.07, 6.45) is 3.34. The number of aryl methyl sites for hydroxylation is 1. The topological polar surface area (TPSA) is 72.2 Å². The number of nitrogens with zero attached hydrogens (tertiary/aromatic N) is 3. The first kappa shape index (κ1) is 18.5. The molecule has 2 aromatic carbocycles. The molecule has 28 heavy (non-hydrogen) atoms. The molecule has 1 aromatic heterocycles. The minimum atomic E-state index is -0.183. The van der Waals surface area contributed by atoms with Crippen LogP contribution in [0.15, 0.2) is 54.6 Å². The van der Waals surface area contributed by atoms with Crippen molar-refractivity contribution in [1.82, 2.24) is 14.8 Å². The average Bonchev–Trinajstić information content (AvgIpc) is 3.15. The fraction of sp³-hybridized carbons (Fsp3) is 0.238. The Morgan fingerprint density at radius 1 is 1.18 bits per heavy atom. The number of aromatic nitrogens is 3. The normalized spacial score (nSPS) is 15.5. The van der Waals surface area contributed by atoms with Gasteiger partial charge in [0.2, 0.25) is 5.95 Å². The third kappa shape index (κ3) is 3.61. The molecule has 0 amide bonds. The summed E-state index contributed by atoms with van der Waals surface area (Å²) in [5.74, 6) is 2.15. The van der Waals surface area contributed by atoms with Crippen molar-refractivity contribution in [2.24, 2.45) is 0 Å². The molecule has 0 aliphatic carbocycles. The lowest BCUT2D eigenvalue weighted by Crippen LogP contribution is -2.20. The summed E-state index contributed by atoms with van der Waals surface area (Å²) < 4.78 is 7.10. The second-order valence-electron chi connectivity index (χ2n) is 6.52. The van der Waals surface area contributed by atoms with E-state index in [1.165, 1.54) is 0 Å². The van der Waals surface area contributed by atoms with Crippen molar-refractivity contribution in [3.05, 3.63) is 76.6 Å². The van der Waals surface area contributed by atoms with Crippen molar-refractivity contribution >= 4 is 23.2 Å². The lowest BCUT2D eigenvalue weighted by molar-refractivity contribution is 0.287. The van der Waals surface area contributed by atoms with E-state index in [1.807, 2.05) is 53.2 Å². The van der Waals surface area contributed by atoms with E-state index in [1.54, 1.807) is 7.11 Å². The minimum Gasteiger partial charge on any atom is -0.497 e. The number of rotatable bonds is 6. The number of nitrogens with one attached hydrogen (secondary N) is 1. The molecule has 2 N–H and O–H groups in total. The number of fused-ring (bicyclic) bond motifs is 1. The monoisotopic (exact) mass is 396 g/mol. The maximum atomic E-state index is 9.11. The smallest absolute Gasteiger partial charge is 0.226 e. The van der Waals surface area contributed by atoms with E-state index in [9.17, 15) is 0 Å². The first-order valence-electron chi connectivity index (χ1n) is 9.13. The van der Waals surface area contributed by atoms with Crippen LogP contribution in [-0.2, 0) is 6.42 Å². The van der Waals surface area contributed by atoms with Gasteiger partial charge in [-0.15, -0.1) is 0 Å². The van der Waals surface area contributed by atoms with Gasteiger partial charge in [0.05, 0.1) is 7.11 Å². The third-order valence-electron chi connectivity index (χ3n) is 4.69. The molecule has 0 unspecified atom stereocenters. The molecule has 0 fully saturated rings. The van der Waals surface area contributed by atoms with Gasteiger partial charge in [-0.25, -0.2) is 4.68 Å². The Bertz CT molecular complexity index is 998. The van der Waals surface area contributed by atoms with E-state index in [-0.39, 0.29) is 12.6 Å². The van der Waals surface area contributed by atoms with Crippen LogP contribution < -0.4 is 10.1 Å². The van der Waals surface area contributed by atoms with Crippen LogP contribution in [0.5, 0.6) is 5.75 Å². The summed E-state index contributed by atoms with van der Waals surface area (Å²) >= 11 is 6.49. The van der Waals surface area contributed by atoms with Gasteiger partial charge in [-0.05, 0) is 54.0 Å². The molecule has 1 aliphatic rings. The molecule has 0 radical (unpaired) electrons. The standard InChI is InChI=1S/C21H21ClN4O2/c1-28-15-10-8-14(9-11-15)18-13-19(16-5-2-3-6-17(16)22)26-21(23-18)24-20(25-26)7-4-12-27/h2-3,5-6,8-11,13,19,27H,4,7,12H2,1H3,(H,23,24,25)/t19-/m0/s1. The Kier molecular flexibility index (Phi) is 5.32. The van der Waals surface area contributed by atoms with Crippen LogP contribution in [0.25, 0.3) is 5.70 Å². The first-order valence-corrected chi connectivity index (χ1v) is 9.51. The number of halogens is 1. The number of ether oxygens (including phenoxy) is 1. The fourth-order valence-electron chi connectivity index (χ4n) is 3.26. The Morgan fingerprint density at radius 2 is 1.96 bits per heavy atom. The van der Waals surface area contributed by atoms with Crippen LogP contribution in [0.3, 0.4) is 0 Å². The number of aliphatic hydroxyl groups excluding tert-OH is 1. The second kappa shape index (κ2) is 8.04. The van der Waals surface area contributed by atoms with E-state index >= 15 is 0 Å². The summed E-state index contributed by atoms with van der Waals surface area (Å²) in [6.45, 7) is 0.112. The number of anilines is 1. The van der Waals surface area contributed by atoms with Gasteiger partial charge in [0, 0.05) is 23.7 Å². The van der Waals surface area contributed by atoms with Gasteiger partial charge in [-0.2, -0.15) is 10.1 Å². The van der Waals surface area contributed by atoms with Crippen LogP contribution >= 0.6 is 11.6 Å². The first-order chi connectivity index (χ1) is 13.7. The fourth-order valence-corrected chi connectivity index (χ4v) is 3.50. The highest BCUT2D eigenvalue weighted by atomic mass is 35.5. The molecule has 7 heteroatoms. The SMILES string of the molecule is COc1ccc(C2=C[C@@H](c3ccccc3Cl)n3nc(CCCO)nc3N2)cc1. The van der Waals surface area contributed by atoms with Crippen molar-refractivity contribution < 1.29 is 9.84 Å². The highest BCUT2D eigenvalue weighted by Crippen LogP contribution is 2.35. The maximum Gasteiger partial charge on any atom is 0.226 e. The Hall–Kier alpha value is -2.83. The molecule has 0 saturated carbocycles. The number of benzene rings is 2. The van der Waals surface area contributed by atoms with E-state index < -0.39 is 0 Å². The average molecular weight is 397 g/mol. The van der Waals surface area contributed by atoms with Gasteiger partial charge < -0.3 is 15.2 Å². The van der Waals surface area contributed by atoms with Crippen molar-refractivity contribution in [2.45, 2.75) is 18.9 Å². The van der Waals surface area contributed by atoms with Crippen molar-refractivity contribution in [3.8, 4) is 5.75 Å². The number of aliphatic hydroxyl groups is 1. The largest absolute Gasteiger partial charge is 0.497 e. The van der Waals surface area contributed by atoms with Gasteiger partial charge in [0.1, 0.15) is 11.8 Å². The summed E-state index contributed by atoms with van der Waals surface area (Å²) in [5, 5.41) is 17.8. The molecule has 6 nitrogen and oxygen atoms in total. The van der Waals surface area contributed by atoms with Crippen molar-refractivity contribution in [1.29, 1.82) is 0 Å². The predicted octanol–water partition coefficient (Wildman–Crippen LogP) is 3.92. The molecule has 3 aromatic rings. The van der Waals surface area contributed by atoms with E-state index in [0.29, 0.717) is 29.6 Å². The van der Waals surface area contributed by atoms with Crippen molar-refractivity contribution in [3.63, 3.8) is 0 Å². The number of hydrogen-bond acceptors (Lipinski definition) is 5. The predicted molar refractivity (Wildman–Crippen MR) is 110 cm³/mol. The van der Waals surface area contributed by atoms with Crippen LogP contribution in [-0.4, -0.2) is 33.6 Å². The lowest BCUT2D eigenvalue weighted by Gasteiger charge is -2.25. The highest BCUT2D eigenvalue weighted by Gasteiger charge is 2.26. The summed E-state index contributed by atoms with van der Waals surface area (Å²) in [5.41, 5.74) is 2.90. The van der Waals surface area contributed by atoms with Gasteiger partial charge in [0.25, 0.3) is 0 Å². The Morgan fingerprint density at radius 3 is 2.68 bits per heavy atom. The van der Waals surface area contributed by atoms with Crippen LogP contribution in [0.1, 0.15) is 29.4 Å². The van der Waals surface area contributed by atoms with Gasteiger partial charge in [0.15, 0.2) is 5.82 Å².